The van der Waals surface area contributed by atoms with Gasteiger partial charge in [-0.25, -0.2) is 0 Å². The van der Waals surface area contributed by atoms with Crippen LogP contribution < -0.4 is 11.5 Å². The molecule has 4 N–H and O–H groups in total. The van der Waals surface area contributed by atoms with Crippen molar-refractivity contribution in [2.24, 2.45) is 11.5 Å². The van der Waals surface area contributed by atoms with Gasteiger partial charge < -0.3 is 16.2 Å². The fourth-order valence-electron chi connectivity index (χ4n) is 2.71. The molecular formula is C17H18N2O2. The van der Waals surface area contributed by atoms with Crippen molar-refractivity contribution in [3.63, 3.8) is 0 Å². The average Bonchev–Trinajstić information content (AvgIpc) is 2.91. The van der Waals surface area contributed by atoms with E-state index in [9.17, 15) is 4.79 Å². The van der Waals surface area contributed by atoms with E-state index in [-0.39, 0.29) is 13.2 Å². The lowest BCUT2D eigenvalue weighted by Crippen LogP contribution is -2.39. The van der Waals surface area contributed by atoms with Crippen LogP contribution in [0.1, 0.15) is 16.7 Å². The molecule has 1 aliphatic carbocycles. The van der Waals surface area contributed by atoms with Gasteiger partial charge in [0, 0.05) is 6.54 Å². The molecule has 0 aromatic heterocycles. The van der Waals surface area contributed by atoms with Gasteiger partial charge in [0.25, 0.3) is 0 Å². The molecule has 1 unspecified atom stereocenters. The first-order chi connectivity index (χ1) is 10.2. The number of nitrogens with two attached hydrogens (primary N) is 2. The molecular weight excluding hydrogens is 264 g/mol. The Labute approximate surface area is 123 Å². The van der Waals surface area contributed by atoms with Crippen LogP contribution in [0, 0.1) is 0 Å². The van der Waals surface area contributed by atoms with E-state index in [1.807, 2.05) is 24.3 Å². The summed E-state index contributed by atoms with van der Waals surface area (Å²) < 4.78 is 5.26. The molecule has 2 aromatic carbocycles. The lowest BCUT2D eigenvalue weighted by atomic mass is 10.0. The van der Waals surface area contributed by atoms with Crippen molar-refractivity contribution in [3.05, 3.63) is 59.2 Å². The van der Waals surface area contributed by atoms with Crippen molar-refractivity contribution in [3.8, 4) is 11.1 Å². The number of hydrogen-bond acceptors (Lipinski definition) is 4. The number of esters is 1. The van der Waals surface area contributed by atoms with Crippen molar-refractivity contribution in [1.29, 1.82) is 0 Å². The molecule has 4 heteroatoms. The zero-order valence-electron chi connectivity index (χ0n) is 11.7. The van der Waals surface area contributed by atoms with Crippen LogP contribution in [0.2, 0.25) is 0 Å². The van der Waals surface area contributed by atoms with Gasteiger partial charge in [-0.05, 0) is 34.2 Å². The van der Waals surface area contributed by atoms with Gasteiger partial charge in [0.05, 0.1) is 0 Å². The first-order valence-electron chi connectivity index (χ1n) is 7.02. The monoisotopic (exact) mass is 282 g/mol. The first-order valence-corrected chi connectivity index (χ1v) is 7.02. The molecule has 0 radical (unpaired) electrons. The molecule has 0 fully saturated rings. The fraction of sp³-hybridized carbons (Fsp3) is 0.235. The van der Waals surface area contributed by atoms with Crippen molar-refractivity contribution >= 4 is 5.97 Å². The predicted octanol–water partition coefficient (Wildman–Crippen LogP) is 1.59. The van der Waals surface area contributed by atoms with Crippen molar-refractivity contribution in [1.82, 2.24) is 0 Å². The predicted molar refractivity (Wildman–Crippen MR) is 81.5 cm³/mol. The molecule has 1 atom stereocenters. The molecule has 0 spiro atoms. The first kappa shape index (κ1) is 13.8. The standard InChI is InChI=1S/C17H18N2O2/c18-9-16(19)17(20)21-10-12-5-3-7-14-13-6-2-1-4-11(13)8-15(12)14/h1-7,16H,8-10,18-19H2. The number of ether oxygens (including phenoxy) is 1. The number of hydrogen-bond donors (Lipinski definition) is 2. The maximum absolute atomic E-state index is 11.6. The minimum absolute atomic E-state index is 0.0944. The Hall–Kier alpha value is -2.17. The highest BCUT2D eigenvalue weighted by molar-refractivity contribution is 5.78. The Morgan fingerprint density at radius 1 is 1.14 bits per heavy atom. The zero-order valence-corrected chi connectivity index (χ0v) is 11.7. The van der Waals surface area contributed by atoms with Gasteiger partial charge in [-0.1, -0.05) is 42.5 Å². The van der Waals surface area contributed by atoms with Crippen LogP contribution in [0.4, 0.5) is 0 Å². The Morgan fingerprint density at radius 2 is 1.90 bits per heavy atom. The van der Waals surface area contributed by atoms with E-state index in [2.05, 4.69) is 18.2 Å². The van der Waals surface area contributed by atoms with Crippen LogP contribution >= 0.6 is 0 Å². The third kappa shape index (κ3) is 2.55. The molecule has 0 aliphatic heterocycles. The van der Waals surface area contributed by atoms with Gasteiger partial charge in [0.15, 0.2) is 0 Å². The van der Waals surface area contributed by atoms with Gasteiger partial charge in [-0.2, -0.15) is 0 Å². The van der Waals surface area contributed by atoms with Gasteiger partial charge >= 0.3 is 5.97 Å². The fourth-order valence-corrected chi connectivity index (χ4v) is 2.71. The molecule has 1 aliphatic rings. The van der Waals surface area contributed by atoms with Crippen LogP contribution in [0.3, 0.4) is 0 Å². The normalized spacial score (nSPS) is 13.4. The van der Waals surface area contributed by atoms with Crippen LogP contribution in [-0.2, 0) is 22.6 Å². The van der Waals surface area contributed by atoms with Crippen LogP contribution in [0.15, 0.2) is 42.5 Å². The maximum Gasteiger partial charge on any atom is 0.324 e. The van der Waals surface area contributed by atoms with E-state index in [1.54, 1.807) is 0 Å². The molecule has 0 amide bonds. The molecule has 0 heterocycles. The van der Waals surface area contributed by atoms with Crippen LogP contribution in [0.5, 0.6) is 0 Å². The average molecular weight is 282 g/mol. The number of carbonyl (C=O) groups is 1. The lowest BCUT2D eigenvalue weighted by Gasteiger charge is -2.12. The summed E-state index contributed by atoms with van der Waals surface area (Å²) in [5.41, 5.74) is 17.0. The molecule has 3 rings (SSSR count). The minimum Gasteiger partial charge on any atom is -0.460 e. The van der Waals surface area contributed by atoms with Gasteiger partial charge in [-0.15, -0.1) is 0 Å². The zero-order chi connectivity index (χ0) is 14.8. The molecule has 0 bridgehead atoms. The van der Waals surface area contributed by atoms with E-state index >= 15 is 0 Å². The van der Waals surface area contributed by atoms with Crippen LogP contribution in [0.25, 0.3) is 11.1 Å². The lowest BCUT2D eigenvalue weighted by molar-refractivity contribution is -0.146. The third-order valence-electron chi connectivity index (χ3n) is 3.87. The van der Waals surface area contributed by atoms with E-state index in [1.165, 1.54) is 22.3 Å². The Kier molecular flexibility index (Phi) is 3.73. The number of rotatable bonds is 4. The summed E-state index contributed by atoms with van der Waals surface area (Å²) in [6.45, 7) is 0.334. The van der Waals surface area contributed by atoms with E-state index in [4.69, 9.17) is 16.2 Å². The highest BCUT2D eigenvalue weighted by Gasteiger charge is 2.21. The summed E-state index contributed by atoms with van der Waals surface area (Å²) in [4.78, 5) is 11.6. The largest absolute Gasteiger partial charge is 0.460 e. The van der Waals surface area contributed by atoms with Crippen molar-refractivity contribution in [2.75, 3.05) is 6.54 Å². The molecule has 21 heavy (non-hydrogen) atoms. The molecule has 0 saturated heterocycles. The Balaban J connectivity index is 1.82. The van der Waals surface area contributed by atoms with E-state index in [0.29, 0.717) is 0 Å². The second kappa shape index (κ2) is 5.68. The smallest absolute Gasteiger partial charge is 0.324 e. The second-order valence-electron chi connectivity index (χ2n) is 5.23. The Bertz CT molecular complexity index is 682. The van der Waals surface area contributed by atoms with E-state index in [0.717, 1.165) is 12.0 Å². The molecule has 0 saturated carbocycles. The SMILES string of the molecule is NCC(N)C(=O)OCc1cccc2c1Cc1ccccc1-2. The van der Waals surface area contributed by atoms with Crippen molar-refractivity contribution in [2.45, 2.75) is 19.1 Å². The minimum atomic E-state index is -0.751. The topological polar surface area (TPSA) is 78.3 Å². The number of carbonyl (C=O) groups excluding carboxylic acids is 1. The molecule has 4 nitrogen and oxygen atoms in total. The maximum atomic E-state index is 11.6. The molecule has 2 aromatic rings. The van der Waals surface area contributed by atoms with Crippen molar-refractivity contribution < 1.29 is 9.53 Å². The third-order valence-corrected chi connectivity index (χ3v) is 3.87. The summed E-state index contributed by atoms with van der Waals surface area (Å²) in [5.74, 6) is -0.453. The highest BCUT2D eigenvalue weighted by atomic mass is 16.5. The Morgan fingerprint density at radius 3 is 2.71 bits per heavy atom. The number of benzene rings is 2. The quantitative estimate of drug-likeness (QED) is 0.712. The van der Waals surface area contributed by atoms with Gasteiger partial charge in [-0.3, -0.25) is 4.79 Å². The summed E-state index contributed by atoms with van der Waals surface area (Å²) in [6.07, 6.45) is 0.877. The van der Waals surface area contributed by atoms with Gasteiger partial charge in [0.1, 0.15) is 12.6 Å². The van der Waals surface area contributed by atoms with Gasteiger partial charge in [0.2, 0.25) is 0 Å². The second-order valence-corrected chi connectivity index (χ2v) is 5.23. The summed E-state index contributed by atoms with van der Waals surface area (Å²) in [5, 5.41) is 0. The highest BCUT2D eigenvalue weighted by Crippen LogP contribution is 2.38. The summed E-state index contributed by atoms with van der Waals surface area (Å²) >= 11 is 0. The summed E-state index contributed by atoms with van der Waals surface area (Å²) in [7, 11) is 0. The molecule has 108 valence electrons. The van der Waals surface area contributed by atoms with E-state index < -0.39 is 12.0 Å². The number of fused-ring (bicyclic) bond motifs is 3. The summed E-state index contributed by atoms with van der Waals surface area (Å²) in [6, 6.07) is 13.7. The van der Waals surface area contributed by atoms with Crippen LogP contribution in [-0.4, -0.2) is 18.6 Å².